The molecule has 0 unspecified atom stereocenters. The van der Waals surface area contributed by atoms with Gasteiger partial charge in [-0.3, -0.25) is 9.59 Å². The van der Waals surface area contributed by atoms with Gasteiger partial charge in [-0.25, -0.2) is 0 Å². The van der Waals surface area contributed by atoms with Gasteiger partial charge in [-0.15, -0.1) is 0 Å². The van der Waals surface area contributed by atoms with E-state index in [1.54, 1.807) is 25.1 Å². The maximum atomic E-state index is 11.5. The van der Waals surface area contributed by atoms with Crippen molar-refractivity contribution in [3.8, 4) is 0 Å². The first kappa shape index (κ1) is 11.5. The molecule has 80 valence electrons. The van der Waals surface area contributed by atoms with Crippen molar-refractivity contribution in [2.24, 2.45) is 0 Å². The fraction of sp³-hybridized carbons (Fsp3) is 0.200. The second-order valence-corrected chi connectivity index (χ2v) is 3.39. The number of carbonyl (C=O) groups is 2. The fourth-order valence-electron chi connectivity index (χ4n) is 1.07. The van der Waals surface area contributed by atoms with Crippen molar-refractivity contribution in [2.75, 3.05) is 6.54 Å². The highest BCUT2D eigenvalue weighted by atomic mass is 35.5. The van der Waals surface area contributed by atoms with Crippen molar-refractivity contribution < 1.29 is 14.7 Å². The van der Waals surface area contributed by atoms with Crippen molar-refractivity contribution in [1.82, 2.24) is 5.32 Å². The van der Waals surface area contributed by atoms with Crippen LogP contribution < -0.4 is 5.32 Å². The van der Waals surface area contributed by atoms with Crippen molar-refractivity contribution >= 4 is 23.5 Å². The molecule has 0 aromatic heterocycles. The van der Waals surface area contributed by atoms with E-state index in [0.29, 0.717) is 5.02 Å². The van der Waals surface area contributed by atoms with Gasteiger partial charge in [0.25, 0.3) is 5.91 Å². The molecule has 0 aliphatic rings. The molecular weight excluding hydrogens is 218 g/mol. The Labute approximate surface area is 91.9 Å². The molecule has 0 aliphatic heterocycles. The maximum absolute atomic E-state index is 11.5. The van der Waals surface area contributed by atoms with Crippen molar-refractivity contribution in [3.63, 3.8) is 0 Å². The monoisotopic (exact) mass is 227 g/mol. The van der Waals surface area contributed by atoms with E-state index >= 15 is 0 Å². The first-order valence-electron chi connectivity index (χ1n) is 4.27. The Bertz CT molecular complexity index is 404. The molecule has 1 rings (SSSR count). The van der Waals surface area contributed by atoms with Crippen LogP contribution in [0.2, 0.25) is 5.02 Å². The Morgan fingerprint density at radius 1 is 1.47 bits per heavy atom. The number of rotatable bonds is 3. The van der Waals surface area contributed by atoms with E-state index in [9.17, 15) is 9.59 Å². The molecular formula is C10H10ClNO3. The molecule has 0 saturated heterocycles. The van der Waals surface area contributed by atoms with Gasteiger partial charge in [-0.2, -0.15) is 0 Å². The standard InChI is InChI=1S/C10H10ClNO3/c1-6-3-2-4-7(9(6)11)10(15)12-5-8(13)14/h2-4H,5H2,1H3,(H,12,15)(H,13,14). The van der Waals surface area contributed by atoms with E-state index in [2.05, 4.69) is 5.32 Å². The third-order valence-electron chi connectivity index (χ3n) is 1.84. The van der Waals surface area contributed by atoms with Gasteiger partial charge in [-0.05, 0) is 18.6 Å². The molecule has 1 aromatic carbocycles. The van der Waals surface area contributed by atoms with Crippen LogP contribution in [-0.2, 0) is 4.79 Å². The average molecular weight is 228 g/mol. The number of hydrogen-bond donors (Lipinski definition) is 2. The SMILES string of the molecule is Cc1cccc(C(=O)NCC(=O)O)c1Cl. The number of aliphatic carboxylic acids is 1. The molecule has 0 aliphatic carbocycles. The summed E-state index contributed by atoms with van der Waals surface area (Å²) in [4.78, 5) is 21.7. The molecule has 5 heteroatoms. The molecule has 0 spiro atoms. The molecule has 4 nitrogen and oxygen atoms in total. The highest BCUT2D eigenvalue weighted by Crippen LogP contribution is 2.19. The second kappa shape index (κ2) is 4.79. The first-order valence-corrected chi connectivity index (χ1v) is 4.65. The highest BCUT2D eigenvalue weighted by Gasteiger charge is 2.11. The third-order valence-corrected chi connectivity index (χ3v) is 2.34. The predicted octanol–water partition coefficient (Wildman–Crippen LogP) is 1.46. The molecule has 2 N–H and O–H groups in total. The maximum Gasteiger partial charge on any atom is 0.322 e. The first-order chi connectivity index (χ1) is 7.02. The van der Waals surface area contributed by atoms with Crippen LogP contribution in [0.25, 0.3) is 0 Å². The smallest absolute Gasteiger partial charge is 0.322 e. The minimum absolute atomic E-state index is 0.290. The largest absolute Gasteiger partial charge is 0.480 e. The van der Waals surface area contributed by atoms with Crippen LogP contribution in [0.3, 0.4) is 0 Å². The average Bonchev–Trinajstić information content (AvgIpc) is 2.18. The van der Waals surface area contributed by atoms with Crippen molar-refractivity contribution in [2.45, 2.75) is 6.92 Å². The molecule has 0 fully saturated rings. The summed E-state index contributed by atoms with van der Waals surface area (Å²) in [6, 6.07) is 5.01. The van der Waals surface area contributed by atoms with Crippen LogP contribution in [0.1, 0.15) is 15.9 Å². The number of halogens is 1. The van der Waals surface area contributed by atoms with Gasteiger partial charge < -0.3 is 10.4 Å². The second-order valence-electron chi connectivity index (χ2n) is 3.01. The zero-order chi connectivity index (χ0) is 11.4. The summed E-state index contributed by atoms with van der Waals surface area (Å²) >= 11 is 5.90. The molecule has 0 saturated carbocycles. The summed E-state index contributed by atoms with van der Waals surface area (Å²) in [6.07, 6.45) is 0. The van der Waals surface area contributed by atoms with Crippen LogP contribution in [-0.4, -0.2) is 23.5 Å². The molecule has 0 bridgehead atoms. The summed E-state index contributed by atoms with van der Waals surface area (Å²) in [5, 5.41) is 11.0. The summed E-state index contributed by atoms with van der Waals surface area (Å²) in [5.74, 6) is -1.57. The van der Waals surface area contributed by atoms with Crippen molar-refractivity contribution in [1.29, 1.82) is 0 Å². The lowest BCUT2D eigenvalue weighted by Gasteiger charge is -2.06. The third kappa shape index (κ3) is 2.95. The number of carbonyl (C=O) groups excluding carboxylic acids is 1. The number of nitrogens with one attached hydrogen (secondary N) is 1. The predicted molar refractivity (Wildman–Crippen MR) is 56.2 cm³/mol. The van der Waals surface area contributed by atoms with Crippen LogP contribution in [0.5, 0.6) is 0 Å². The Morgan fingerprint density at radius 2 is 2.13 bits per heavy atom. The zero-order valence-corrected chi connectivity index (χ0v) is 8.84. The topological polar surface area (TPSA) is 66.4 Å². The Morgan fingerprint density at radius 3 is 2.73 bits per heavy atom. The Balaban J connectivity index is 2.82. The molecule has 1 amide bonds. The van der Waals surface area contributed by atoms with E-state index in [1.165, 1.54) is 0 Å². The number of carboxylic acids is 1. The number of hydrogen-bond acceptors (Lipinski definition) is 2. The van der Waals surface area contributed by atoms with Crippen LogP contribution in [0.15, 0.2) is 18.2 Å². The number of benzene rings is 1. The van der Waals surface area contributed by atoms with E-state index in [4.69, 9.17) is 16.7 Å². The normalized spacial score (nSPS) is 9.73. The lowest BCUT2D eigenvalue weighted by Crippen LogP contribution is -2.29. The molecule has 0 radical (unpaired) electrons. The minimum atomic E-state index is -1.09. The molecule has 1 aromatic rings. The van der Waals surface area contributed by atoms with Gasteiger partial charge in [0.15, 0.2) is 0 Å². The van der Waals surface area contributed by atoms with Crippen LogP contribution in [0, 0.1) is 6.92 Å². The van der Waals surface area contributed by atoms with E-state index in [0.717, 1.165) is 5.56 Å². The van der Waals surface area contributed by atoms with Gasteiger partial charge in [0.05, 0.1) is 10.6 Å². The zero-order valence-electron chi connectivity index (χ0n) is 8.08. The highest BCUT2D eigenvalue weighted by molar-refractivity contribution is 6.34. The molecule has 0 heterocycles. The molecule has 0 atom stereocenters. The van der Waals surface area contributed by atoms with E-state index < -0.39 is 18.4 Å². The number of amides is 1. The minimum Gasteiger partial charge on any atom is -0.480 e. The summed E-state index contributed by atoms with van der Waals surface area (Å²) < 4.78 is 0. The summed E-state index contributed by atoms with van der Waals surface area (Å²) in [6.45, 7) is 1.36. The fourth-order valence-corrected chi connectivity index (χ4v) is 1.29. The van der Waals surface area contributed by atoms with Gasteiger partial charge in [0.2, 0.25) is 0 Å². The lowest BCUT2D eigenvalue weighted by atomic mass is 10.1. The van der Waals surface area contributed by atoms with Gasteiger partial charge in [0, 0.05) is 0 Å². The Kier molecular flexibility index (Phi) is 3.68. The quantitative estimate of drug-likeness (QED) is 0.822. The Hall–Kier alpha value is -1.55. The number of carboxylic acid groups (broad SMARTS) is 1. The van der Waals surface area contributed by atoms with Crippen LogP contribution >= 0.6 is 11.6 Å². The number of aryl methyl sites for hydroxylation is 1. The summed E-state index contributed by atoms with van der Waals surface area (Å²) in [5.41, 5.74) is 1.07. The van der Waals surface area contributed by atoms with Crippen molar-refractivity contribution in [3.05, 3.63) is 34.3 Å². The molecule has 15 heavy (non-hydrogen) atoms. The van der Waals surface area contributed by atoms with Gasteiger partial charge in [0.1, 0.15) is 6.54 Å². The van der Waals surface area contributed by atoms with Gasteiger partial charge in [-0.1, -0.05) is 23.7 Å². The summed E-state index contributed by atoms with van der Waals surface area (Å²) in [7, 11) is 0. The van der Waals surface area contributed by atoms with E-state index in [-0.39, 0.29) is 5.56 Å². The van der Waals surface area contributed by atoms with Crippen LogP contribution in [0.4, 0.5) is 0 Å². The lowest BCUT2D eigenvalue weighted by molar-refractivity contribution is -0.135. The van der Waals surface area contributed by atoms with Gasteiger partial charge >= 0.3 is 5.97 Å². The van der Waals surface area contributed by atoms with E-state index in [1.807, 2.05) is 0 Å².